The molecule has 0 aromatic rings. The molecule has 0 aliphatic rings. The highest BCUT2D eigenvalue weighted by Gasteiger charge is 1.93. The van der Waals surface area contributed by atoms with Gasteiger partial charge in [-0.15, -0.1) is 0 Å². The highest BCUT2D eigenvalue weighted by atomic mass is 14.8. The van der Waals surface area contributed by atoms with Crippen molar-refractivity contribution in [2.24, 2.45) is 0 Å². The van der Waals surface area contributed by atoms with Gasteiger partial charge in [0, 0.05) is 0 Å². The Kier molecular flexibility index (Phi) is 30.7. The lowest BCUT2D eigenvalue weighted by Crippen LogP contribution is -2.16. The van der Waals surface area contributed by atoms with Gasteiger partial charge < -0.3 is 5.32 Å². The molecule has 0 aliphatic heterocycles. The topological polar surface area (TPSA) is 12.0 Å². The molecule has 0 fully saturated rings. The van der Waals surface area contributed by atoms with Gasteiger partial charge in [-0.3, -0.25) is 0 Å². The second kappa shape index (κ2) is 28.5. The molecule has 0 aliphatic carbocycles. The van der Waals surface area contributed by atoms with E-state index < -0.39 is 0 Å². The van der Waals surface area contributed by atoms with Crippen LogP contribution in [0.5, 0.6) is 0 Å². The lowest BCUT2D eigenvalue weighted by molar-refractivity contribution is 0.532. The summed E-state index contributed by atoms with van der Waals surface area (Å²) < 4.78 is 0. The first kappa shape index (κ1) is 26.9. The predicted molar refractivity (Wildman–Crippen MR) is 119 cm³/mol. The van der Waals surface area contributed by atoms with Crippen molar-refractivity contribution in [2.75, 3.05) is 13.1 Å². The van der Waals surface area contributed by atoms with Crippen LogP contribution in [0.25, 0.3) is 0 Å². The zero-order valence-electron chi connectivity index (χ0n) is 18.4. The molecule has 0 aromatic heterocycles. The molecule has 0 amide bonds. The fourth-order valence-corrected chi connectivity index (χ4v) is 2.89. The summed E-state index contributed by atoms with van der Waals surface area (Å²) in [7, 11) is 0. The standard InChI is InChI=1S/C20H43N.C4H8/c1-3-5-7-9-11-13-15-17-19-21-20-18-16-14-12-10-8-6-4-2;1-3-4-2/h21H,3-20H2,1-2H3;3-4H,1-2H3. The molecule has 0 atom stereocenters. The van der Waals surface area contributed by atoms with Gasteiger partial charge >= 0.3 is 0 Å². The molecule has 0 rings (SSSR count). The van der Waals surface area contributed by atoms with Gasteiger partial charge in [0.25, 0.3) is 0 Å². The van der Waals surface area contributed by atoms with E-state index in [1.807, 2.05) is 26.0 Å². The van der Waals surface area contributed by atoms with Gasteiger partial charge in [0.05, 0.1) is 0 Å². The molecule has 0 saturated heterocycles. The van der Waals surface area contributed by atoms with Crippen LogP contribution in [0.4, 0.5) is 0 Å². The van der Waals surface area contributed by atoms with Crippen LogP contribution in [0, 0.1) is 0 Å². The van der Waals surface area contributed by atoms with Crippen LogP contribution in [0.2, 0.25) is 0 Å². The average Bonchev–Trinajstić information content (AvgIpc) is 2.64. The van der Waals surface area contributed by atoms with Crippen LogP contribution in [0.1, 0.15) is 130 Å². The largest absolute Gasteiger partial charge is 0.317 e. The number of hydrogen-bond acceptors (Lipinski definition) is 1. The van der Waals surface area contributed by atoms with Crippen LogP contribution in [-0.2, 0) is 0 Å². The van der Waals surface area contributed by atoms with Gasteiger partial charge in [0.15, 0.2) is 0 Å². The first-order valence-corrected chi connectivity index (χ1v) is 11.6. The van der Waals surface area contributed by atoms with Crippen molar-refractivity contribution in [1.29, 1.82) is 0 Å². The lowest BCUT2D eigenvalue weighted by atomic mass is 10.1. The summed E-state index contributed by atoms with van der Waals surface area (Å²) in [4.78, 5) is 0. The number of unbranched alkanes of at least 4 members (excludes halogenated alkanes) is 14. The molecule has 25 heavy (non-hydrogen) atoms. The first-order chi connectivity index (χ1) is 12.3. The molecular formula is C24H51N. The third-order valence-corrected chi connectivity index (χ3v) is 4.75. The van der Waals surface area contributed by atoms with Crippen molar-refractivity contribution in [3.05, 3.63) is 12.2 Å². The predicted octanol–water partition coefficient (Wildman–Crippen LogP) is 8.44. The SMILES string of the molecule is CC=CC.CCCCCCCCCCNCCCCCCCCCC. The van der Waals surface area contributed by atoms with Crippen LogP contribution >= 0.6 is 0 Å². The molecule has 0 saturated carbocycles. The maximum absolute atomic E-state index is 3.61. The Labute approximate surface area is 161 Å². The summed E-state index contributed by atoms with van der Waals surface area (Å²) in [5.74, 6) is 0. The number of nitrogens with one attached hydrogen (secondary N) is 1. The van der Waals surface area contributed by atoms with Gasteiger partial charge in [-0.1, -0.05) is 116 Å². The van der Waals surface area contributed by atoms with E-state index in [0.717, 1.165) is 0 Å². The summed E-state index contributed by atoms with van der Waals surface area (Å²) in [5.41, 5.74) is 0. The lowest BCUT2D eigenvalue weighted by Gasteiger charge is -2.05. The van der Waals surface area contributed by atoms with E-state index in [0.29, 0.717) is 0 Å². The zero-order valence-corrected chi connectivity index (χ0v) is 18.4. The monoisotopic (exact) mass is 353 g/mol. The molecule has 0 unspecified atom stereocenters. The van der Waals surface area contributed by atoms with Gasteiger partial charge in [-0.25, -0.2) is 0 Å². The molecule has 0 bridgehead atoms. The Morgan fingerprint density at radius 3 is 1.00 bits per heavy atom. The Hall–Kier alpha value is -0.300. The number of rotatable bonds is 18. The fourth-order valence-electron chi connectivity index (χ4n) is 2.89. The van der Waals surface area contributed by atoms with Gasteiger partial charge in [-0.2, -0.15) is 0 Å². The third kappa shape index (κ3) is 31.9. The van der Waals surface area contributed by atoms with Crippen molar-refractivity contribution in [3.8, 4) is 0 Å². The molecule has 0 radical (unpaired) electrons. The van der Waals surface area contributed by atoms with Gasteiger partial charge in [-0.05, 0) is 39.8 Å². The van der Waals surface area contributed by atoms with E-state index in [9.17, 15) is 0 Å². The minimum absolute atomic E-state index is 1.24. The van der Waals surface area contributed by atoms with Gasteiger partial charge in [0.1, 0.15) is 0 Å². The molecule has 1 heteroatoms. The minimum Gasteiger partial charge on any atom is -0.317 e. The van der Waals surface area contributed by atoms with Crippen molar-refractivity contribution < 1.29 is 0 Å². The summed E-state index contributed by atoms with van der Waals surface area (Å²) in [6, 6.07) is 0. The second-order valence-corrected chi connectivity index (χ2v) is 7.37. The summed E-state index contributed by atoms with van der Waals surface area (Å²) in [6.45, 7) is 11.1. The maximum atomic E-state index is 3.61. The normalized spacial score (nSPS) is 10.9. The second-order valence-electron chi connectivity index (χ2n) is 7.37. The minimum atomic E-state index is 1.24. The highest BCUT2D eigenvalue weighted by molar-refractivity contribution is 4.68. The van der Waals surface area contributed by atoms with E-state index in [4.69, 9.17) is 0 Å². The van der Waals surface area contributed by atoms with E-state index in [1.54, 1.807) is 0 Å². The zero-order chi connectivity index (χ0) is 18.8. The van der Waals surface area contributed by atoms with Crippen molar-refractivity contribution >= 4 is 0 Å². The number of allylic oxidation sites excluding steroid dienone is 2. The number of hydrogen-bond donors (Lipinski definition) is 1. The summed E-state index contributed by atoms with van der Waals surface area (Å²) in [5, 5.41) is 3.61. The van der Waals surface area contributed by atoms with E-state index in [1.165, 1.54) is 116 Å². The van der Waals surface area contributed by atoms with Crippen molar-refractivity contribution in [1.82, 2.24) is 5.32 Å². The molecule has 0 heterocycles. The highest BCUT2D eigenvalue weighted by Crippen LogP contribution is 2.09. The third-order valence-electron chi connectivity index (χ3n) is 4.75. The Morgan fingerprint density at radius 2 is 0.720 bits per heavy atom. The molecule has 0 spiro atoms. The summed E-state index contributed by atoms with van der Waals surface area (Å²) >= 11 is 0. The van der Waals surface area contributed by atoms with Crippen LogP contribution < -0.4 is 5.32 Å². The molecule has 1 N–H and O–H groups in total. The quantitative estimate of drug-likeness (QED) is 0.192. The van der Waals surface area contributed by atoms with Gasteiger partial charge in [0.2, 0.25) is 0 Å². The van der Waals surface area contributed by atoms with Crippen molar-refractivity contribution in [3.63, 3.8) is 0 Å². The average molecular weight is 354 g/mol. The molecule has 0 aromatic carbocycles. The molecular weight excluding hydrogens is 302 g/mol. The maximum Gasteiger partial charge on any atom is -0.00489 e. The Bertz CT molecular complexity index is 200. The first-order valence-electron chi connectivity index (χ1n) is 11.6. The van der Waals surface area contributed by atoms with Crippen molar-refractivity contribution in [2.45, 2.75) is 130 Å². The van der Waals surface area contributed by atoms with E-state index in [2.05, 4.69) is 19.2 Å². The van der Waals surface area contributed by atoms with E-state index in [-0.39, 0.29) is 0 Å². The summed E-state index contributed by atoms with van der Waals surface area (Å²) in [6.07, 6.45) is 26.8. The van der Waals surface area contributed by atoms with E-state index >= 15 is 0 Å². The Morgan fingerprint density at radius 1 is 0.440 bits per heavy atom. The molecule has 152 valence electrons. The van der Waals surface area contributed by atoms with Crippen LogP contribution in [0.15, 0.2) is 12.2 Å². The Balaban J connectivity index is 0. The smallest absolute Gasteiger partial charge is 0.00489 e. The van der Waals surface area contributed by atoms with Crippen LogP contribution in [0.3, 0.4) is 0 Å². The fraction of sp³-hybridized carbons (Fsp3) is 0.917. The molecule has 1 nitrogen and oxygen atoms in total. The van der Waals surface area contributed by atoms with Crippen LogP contribution in [-0.4, -0.2) is 13.1 Å².